The van der Waals surface area contributed by atoms with Crippen LogP contribution in [0.4, 0.5) is 11.4 Å². The third-order valence-electron chi connectivity index (χ3n) is 4.95. The topological polar surface area (TPSA) is 94.6 Å². The van der Waals surface area contributed by atoms with Crippen molar-refractivity contribution in [2.45, 2.75) is 31.8 Å². The average molecular weight is 415 g/mol. The lowest BCUT2D eigenvalue weighted by molar-refractivity contribution is 0.303. The summed E-state index contributed by atoms with van der Waals surface area (Å²) in [5, 5.41) is 20.0. The van der Waals surface area contributed by atoms with Gasteiger partial charge in [0.25, 0.3) is 10.9 Å². The number of rotatable bonds is 10. The fourth-order valence-electron chi connectivity index (χ4n) is 3.27. The van der Waals surface area contributed by atoms with E-state index < -0.39 is 10.9 Å². The van der Waals surface area contributed by atoms with Gasteiger partial charge < -0.3 is 20.6 Å². The number of hydrogen-bond donors (Lipinski definition) is 3. The van der Waals surface area contributed by atoms with Gasteiger partial charge >= 0.3 is 0 Å². The number of anilines is 2. The first kappa shape index (κ1) is 21.0. The van der Waals surface area contributed by atoms with Crippen molar-refractivity contribution in [3.8, 4) is 5.88 Å². The van der Waals surface area contributed by atoms with E-state index in [0.717, 1.165) is 12.0 Å². The lowest BCUT2D eigenvalue weighted by atomic mass is 10.1. The molecule has 29 heavy (non-hydrogen) atoms. The first-order chi connectivity index (χ1) is 13.8. The second-order valence-electron chi connectivity index (χ2n) is 7.51. The average Bonchev–Trinajstić information content (AvgIpc) is 3.18. The molecule has 0 saturated heterocycles. The van der Waals surface area contributed by atoms with Crippen molar-refractivity contribution in [1.82, 2.24) is 9.88 Å². The second-order valence-corrected chi connectivity index (χ2v) is 8.29. The van der Waals surface area contributed by atoms with Crippen molar-refractivity contribution in [3.05, 3.63) is 66.7 Å². The lowest BCUT2D eigenvalue weighted by Crippen LogP contribution is -2.43. The number of pyridine rings is 1. The molecule has 0 bridgehead atoms. The molecular weight excluding hydrogens is 388 g/mol. The Morgan fingerprint density at radius 2 is 1.90 bits per heavy atom. The molecular formula is C21H26N4O3S. The summed E-state index contributed by atoms with van der Waals surface area (Å²) in [7, 11) is 3.91. The number of thiophene rings is 1. The van der Waals surface area contributed by atoms with E-state index in [2.05, 4.69) is 27.1 Å². The molecule has 0 aliphatic carbocycles. The quantitative estimate of drug-likeness (QED) is 0.437. The highest BCUT2D eigenvalue weighted by atomic mass is 32.1. The summed E-state index contributed by atoms with van der Waals surface area (Å²) in [4.78, 5) is 30.0. The molecule has 3 rings (SSSR count). The Hall–Kier alpha value is -2.71. The lowest BCUT2D eigenvalue weighted by Gasteiger charge is -2.26. The van der Waals surface area contributed by atoms with Crippen LogP contribution in [-0.2, 0) is 12.8 Å². The van der Waals surface area contributed by atoms with Gasteiger partial charge in [-0.05, 0) is 67.9 Å². The number of hydrogen-bond acceptors (Lipinski definition) is 8. The fraction of sp³-hybridized carbons (Fsp3) is 0.381. The van der Waals surface area contributed by atoms with Gasteiger partial charge in [-0.3, -0.25) is 9.59 Å². The minimum atomic E-state index is -0.478. The molecule has 1 aromatic carbocycles. The normalized spacial score (nSPS) is 13.5. The van der Waals surface area contributed by atoms with E-state index in [1.165, 1.54) is 5.56 Å². The third-order valence-corrected chi connectivity index (χ3v) is 5.68. The van der Waals surface area contributed by atoms with Gasteiger partial charge in [0.05, 0.1) is 0 Å². The summed E-state index contributed by atoms with van der Waals surface area (Å²) < 4.78 is 0. The minimum Gasteiger partial charge on any atom is -0.493 e. The number of likely N-dealkylation sites (N-methyl/N-ethyl adjacent to an activating group) is 1. The molecule has 0 aliphatic rings. The van der Waals surface area contributed by atoms with E-state index in [4.69, 9.17) is 0 Å². The zero-order valence-electron chi connectivity index (χ0n) is 16.8. The molecule has 8 heteroatoms. The second kappa shape index (κ2) is 9.19. The van der Waals surface area contributed by atoms with Crippen LogP contribution in [-0.4, -0.2) is 47.7 Å². The van der Waals surface area contributed by atoms with E-state index >= 15 is 0 Å². The molecule has 0 amide bonds. The van der Waals surface area contributed by atoms with Gasteiger partial charge in [-0.15, -0.1) is 0 Å². The van der Waals surface area contributed by atoms with Crippen LogP contribution in [0.1, 0.15) is 18.1 Å². The highest BCUT2D eigenvalue weighted by Gasteiger charge is 2.23. The predicted octanol–water partition coefficient (Wildman–Crippen LogP) is 2.07. The van der Waals surface area contributed by atoms with E-state index in [1.54, 1.807) is 23.6 Å². The standard InChI is InChI=1S/C21H26N4O3S/c1-13(8-15-5-7-29-12-15)24-19-18(20(27)21(19)28)23-11-16(25(2)3)9-14-4-6-22-17(26)10-14/h4-7,10,12-13,16,23-24H,8-9,11H2,1-3H3,(H,22,26)/t13-,16-/m1/s1. The van der Waals surface area contributed by atoms with Crippen molar-refractivity contribution in [1.29, 1.82) is 0 Å². The van der Waals surface area contributed by atoms with Crippen LogP contribution in [0.3, 0.4) is 0 Å². The maximum Gasteiger partial charge on any atom is 0.253 e. The molecule has 3 N–H and O–H groups in total. The van der Waals surface area contributed by atoms with Gasteiger partial charge in [0, 0.05) is 30.9 Å². The Labute approximate surface area is 173 Å². The van der Waals surface area contributed by atoms with Crippen LogP contribution in [0.5, 0.6) is 5.88 Å². The Balaban J connectivity index is 1.64. The van der Waals surface area contributed by atoms with Crippen molar-refractivity contribution < 1.29 is 5.11 Å². The number of aromatic nitrogens is 1. The molecule has 0 spiro atoms. The summed E-state index contributed by atoms with van der Waals surface area (Å²) >= 11 is 1.64. The Morgan fingerprint density at radius 3 is 2.55 bits per heavy atom. The maximum absolute atomic E-state index is 12.1. The summed E-state index contributed by atoms with van der Waals surface area (Å²) in [6, 6.07) is 5.65. The van der Waals surface area contributed by atoms with Crippen LogP contribution in [0.25, 0.3) is 0 Å². The number of nitrogens with zero attached hydrogens (tertiary/aromatic N) is 2. The largest absolute Gasteiger partial charge is 0.493 e. The number of aromatic hydroxyl groups is 1. The molecule has 0 fully saturated rings. The molecule has 0 saturated carbocycles. The van der Waals surface area contributed by atoms with E-state index in [0.29, 0.717) is 24.3 Å². The molecule has 7 nitrogen and oxygen atoms in total. The summed E-state index contributed by atoms with van der Waals surface area (Å²) in [6.07, 6.45) is 3.02. The van der Waals surface area contributed by atoms with Crippen LogP contribution < -0.4 is 21.5 Å². The van der Waals surface area contributed by atoms with E-state index in [1.807, 2.05) is 37.4 Å². The molecule has 2 atom stereocenters. The Bertz CT molecular complexity index is 1010. The van der Waals surface area contributed by atoms with Crippen LogP contribution in [0.2, 0.25) is 0 Å². The first-order valence-corrected chi connectivity index (χ1v) is 10.4. The molecule has 2 heterocycles. The van der Waals surface area contributed by atoms with Gasteiger partial charge in [0.2, 0.25) is 5.88 Å². The van der Waals surface area contributed by atoms with Crippen molar-refractivity contribution in [2.75, 3.05) is 31.3 Å². The SMILES string of the molecule is C[C@H](Cc1ccsc1)Nc1c(NC[C@@H](Cc2ccnc(O)c2)N(C)C)c(=O)c1=O. The monoisotopic (exact) mass is 414 g/mol. The molecule has 2 aromatic heterocycles. The highest BCUT2D eigenvalue weighted by molar-refractivity contribution is 7.07. The fourth-order valence-corrected chi connectivity index (χ4v) is 3.96. The Morgan fingerprint density at radius 1 is 1.14 bits per heavy atom. The summed E-state index contributed by atoms with van der Waals surface area (Å²) in [5.74, 6) is -0.0125. The maximum atomic E-state index is 12.1. The predicted molar refractivity (Wildman–Crippen MR) is 118 cm³/mol. The van der Waals surface area contributed by atoms with Gasteiger partial charge in [0.15, 0.2) is 0 Å². The van der Waals surface area contributed by atoms with Crippen LogP contribution in [0.15, 0.2) is 44.7 Å². The third kappa shape index (κ3) is 5.21. The summed E-state index contributed by atoms with van der Waals surface area (Å²) in [6.45, 7) is 2.49. The Kier molecular flexibility index (Phi) is 6.66. The van der Waals surface area contributed by atoms with Crippen molar-refractivity contribution in [3.63, 3.8) is 0 Å². The van der Waals surface area contributed by atoms with E-state index in [-0.39, 0.29) is 18.0 Å². The van der Waals surface area contributed by atoms with Crippen LogP contribution in [0, 0.1) is 0 Å². The van der Waals surface area contributed by atoms with Gasteiger partial charge in [0.1, 0.15) is 11.4 Å². The van der Waals surface area contributed by atoms with E-state index in [9.17, 15) is 14.7 Å². The smallest absolute Gasteiger partial charge is 0.253 e. The van der Waals surface area contributed by atoms with Crippen molar-refractivity contribution >= 4 is 22.7 Å². The minimum absolute atomic E-state index is 0.0125. The van der Waals surface area contributed by atoms with Crippen molar-refractivity contribution in [2.24, 2.45) is 0 Å². The molecule has 0 unspecified atom stereocenters. The molecule has 154 valence electrons. The molecule has 0 aliphatic heterocycles. The number of nitrogens with one attached hydrogen (secondary N) is 2. The molecule has 3 aromatic rings. The highest BCUT2D eigenvalue weighted by Crippen LogP contribution is 2.19. The zero-order chi connectivity index (χ0) is 21.0. The van der Waals surface area contributed by atoms with Gasteiger partial charge in [-0.25, -0.2) is 4.98 Å². The van der Waals surface area contributed by atoms with Gasteiger partial charge in [-0.2, -0.15) is 11.3 Å². The molecule has 0 radical (unpaired) electrons. The summed E-state index contributed by atoms with van der Waals surface area (Å²) in [5.41, 5.74) is 1.94. The van der Waals surface area contributed by atoms with Crippen LogP contribution >= 0.6 is 11.3 Å². The van der Waals surface area contributed by atoms with Gasteiger partial charge in [-0.1, -0.05) is 0 Å². The first-order valence-electron chi connectivity index (χ1n) is 9.50. The zero-order valence-corrected chi connectivity index (χ0v) is 17.6.